The smallest absolute Gasteiger partial charge is 0.272 e. The Bertz CT molecular complexity index is 827. The van der Waals surface area contributed by atoms with Gasteiger partial charge in [0.05, 0.1) is 10.7 Å². The lowest BCUT2D eigenvalue weighted by atomic mass is 10.1. The first-order chi connectivity index (χ1) is 12.6. The van der Waals surface area contributed by atoms with Gasteiger partial charge in [0, 0.05) is 22.8 Å². The Balaban J connectivity index is 1.54. The lowest BCUT2D eigenvalue weighted by Gasteiger charge is -2.09. The van der Waals surface area contributed by atoms with Crippen LogP contribution >= 0.6 is 23.2 Å². The summed E-state index contributed by atoms with van der Waals surface area (Å²) in [6.07, 6.45) is 5.02. The fraction of sp³-hybridized carbons (Fsp3) is 0.474. The minimum absolute atomic E-state index is 0.0852. The Kier molecular flexibility index (Phi) is 5.20. The lowest BCUT2D eigenvalue weighted by molar-refractivity contribution is 0.0945. The van der Waals surface area contributed by atoms with Crippen molar-refractivity contribution >= 4 is 29.1 Å². The minimum Gasteiger partial charge on any atom is -0.351 e. The molecule has 1 aromatic heterocycles. The lowest BCUT2D eigenvalue weighted by Crippen LogP contribution is -2.27. The molecule has 1 amide bonds. The highest BCUT2D eigenvalue weighted by Crippen LogP contribution is 2.31. The van der Waals surface area contributed by atoms with Crippen LogP contribution in [0.1, 0.15) is 41.0 Å². The van der Waals surface area contributed by atoms with Gasteiger partial charge < -0.3 is 10.6 Å². The second-order valence-electron chi connectivity index (χ2n) is 7.04. The van der Waals surface area contributed by atoms with E-state index in [1.54, 1.807) is 12.1 Å². The molecule has 0 spiro atoms. The molecule has 0 saturated carbocycles. The van der Waals surface area contributed by atoms with Crippen molar-refractivity contribution in [1.29, 1.82) is 0 Å². The predicted molar refractivity (Wildman–Crippen MR) is 104 cm³/mol. The van der Waals surface area contributed by atoms with Gasteiger partial charge >= 0.3 is 0 Å². The molecule has 5 nitrogen and oxygen atoms in total. The third-order valence-electron chi connectivity index (χ3n) is 5.28. The van der Waals surface area contributed by atoms with Gasteiger partial charge in [0.1, 0.15) is 0 Å². The number of halogens is 2. The third kappa shape index (κ3) is 3.48. The van der Waals surface area contributed by atoms with Crippen molar-refractivity contribution in [1.82, 2.24) is 20.4 Å². The van der Waals surface area contributed by atoms with Gasteiger partial charge in [-0.15, -0.1) is 0 Å². The molecule has 1 unspecified atom stereocenters. The summed E-state index contributed by atoms with van der Waals surface area (Å²) in [6.45, 7) is 2.82. The highest BCUT2D eigenvalue weighted by Gasteiger charge is 2.27. The Hall–Kier alpha value is -1.56. The van der Waals surface area contributed by atoms with Crippen LogP contribution in [-0.2, 0) is 12.8 Å². The van der Waals surface area contributed by atoms with Crippen LogP contribution in [0, 0.1) is 5.92 Å². The molecule has 26 heavy (non-hydrogen) atoms. The quantitative estimate of drug-likeness (QED) is 0.819. The number of rotatable bonds is 5. The summed E-state index contributed by atoms with van der Waals surface area (Å²) < 4.78 is 1.82. The Labute approximate surface area is 163 Å². The number of carbonyl (C=O) groups is 1. The van der Waals surface area contributed by atoms with E-state index in [1.807, 2.05) is 10.7 Å². The predicted octanol–water partition coefficient (Wildman–Crippen LogP) is 3.40. The highest BCUT2D eigenvalue weighted by atomic mass is 35.5. The maximum Gasteiger partial charge on any atom is 0.272 e. The summed E-state index contributed by atoms with van der Waals surface area (Å²) in [5, 5.41) is 12.1. The molecule has 2 aromatic rings. The van der Waals surface area contributed by atoms with Crippen molar-refractivity contribution in [2.45, 2.75) is 32.1 Å². The van der Waals surface area contributed by atoms with Crippen LogP contribution in [0.4, 0.5) is 0 Å². The molecular formula is C19H22Cl2N4O. The number of aromatic nitrogens is 2. The van der Waals surface area contributed by atoms with Crippen molar-refractivity contribution in [3.05, 3.63) is 45.2 Å². The van der Waals surface area contributed by atoms with E-state index in [0.29, 0.717) is 28.2 Å². The molecule has 1 aromatic carbocycles. The van der Waals surface area contributed by atoms with Gasteiger partial charge in [-0.2, -0.15) is 5.10 Å². The number of nitrogens with one attached hydrogen (secondary N) is 2. The standard InChI is InChI=1S/C19H22Cl2N4O/c20-13-4-5-17(15(21)10-13)25-16-3-1-2-14(16)18(24-25)19(26)23-9-7-12-6-8-22-11-12/h4-5,10,12,22H,1-3,6-9,11H2,(H,23,26). The molecule has 1 aliphatic heterocycles. The van der Waals surface area contributed by atoms with E-state index in [2.05, 4.69) is 15.7 Å². The molecule has 0 bridgehead atoms. The third-order valence-corrected chi connectivity index (χ3v) is 5.82. The van der Waals surface area contributed by atoms with E-state index in [-0.39, 0.29) is 5.91 Å². The van der Waals surface area contributed by atoms with Crippen LogP contribution in [0.15, 0.2) is 18.2 Å². The van der Waals surface area contributed by atoms with Crippen LogP contribution in [0.5, 0.6) is 0 Å². The van der Waals surface area contributed by atoms with Gasteiger partial charge in [0.25, 0.3) is 5.91 Å². The molecular weight excluding hydrogens is 371 g/mol. The van der Waals surface area contributed by atoms with Crippen molar-refractivity contribution < 1.29 is 4.79 Å². The largest absolute Gasteiger partial charge is 0.351 e. The summed E-state index contributed by atoms with van der Waals surface area (Å²) >= 11 is 12.4. The SMILES string of the molecule is O=C(NCCC1CCNC1)c1nn(-c2ccc(Cl)cc2Cl)c2c1CCC2. The van der Waals surface area contributed by atoms with Gasteiger partial charge in [-0.25, -0.2) is 4.68 Å². The maximum atomic E-state index is 12.7. The number of fused-ring (bicyclic) bond motifs is 1. The Morgan fingerprint density at radius 3 is 3.00 bits per heavy atom. The van der Waals surface area contributed by atoms with Crippen LogP contribution in [0.2, 0.25) is 10.0 Å². The van der Waals surface area contributed by atoms with E-state index in [4.69, 9.17) is 23.2 Å². The molecule has 1 aliphatic carbocycles. The van der Waals surface area contributed by atoms with Crippen molar-refractivity contribution in [3.8, 4) is 5.69 Å². The monoisotopic (exact) mass is 392 g/mol. The summed E-state index contributed by atoms with van der Waals surface area (Å²) in [6, 6.07) is 5.35. The summed E-state index contributed by atoms with van der Waals surface area (Å²) in [7, 11) is 0. The van der Waals surface area contributed by atoms with Crippen molar-refractivity contribution in [2.75, 3.05) is 19.6 Å². The molecule has 1 saturated heterocycles. The first kappa shape index (κ1) is 17.8. The number of carbonyl (C=O) groups excluding carboxylic acids is 1. The van der Waals surface area contributed by atoms with E-state index in [9.17, 15) is 4.79 Å². The number of hydrogen-bond acceptors (Lipinski definition) is 3. The summed E-state index contributed by atoms with van der Waals surface area (Å²) in [5.74, 6) is 0.574. The first-order valence-corrected chi connectivity index (χ1v) is 9.94. The topological polar surface area (TPSA) is 59.0 Å². The fourth-order valence-corrected chi connectivity index (χ4v) is 4.40. The second-order valence-corrected chi connectivity index (χ2v) is 7.88. The van der Waals surface area contributed by atoms with Crippen LogP contribution in [0.25, 0.3) is 5.69 Å². The zero-order valence-corrected chi connectivity index (χ0v) is 16.0. The molecule has 7 heteroatoms. The molecule has 0 radical (unpaired) electrons. The average molecular weight is 393 g/mol. The molecule has 2 heterocycles. The van der Waals surface area contributed by atoms with Gasteiger partial charge in [0.2, 0.25) is 0 Å². The van der Waals surface area contributed by atoms with E-state index in [1.165, 1.54) is 6.42 Å². The van der Waals surface area contributed by atoms with Crippen LogP contribution in [-0.4, -0.2) is 35.3 Å². The fourth-order valence-electron chi connectivity index (χ4n) is 3.91. The normalized spacial score (nSPS) is 18.9. The molecule has 2 N–H and O–H groups in total. The molecule has 1 fully saturated rings. The average Bonchev–Trinajstić information content (AvgIpc) is 3.32. The highest BCUT2D eigenvalue weighted by molar-refractivity contribution is 6.35. The van der Waals surface area contributed by atoms with Gasteiger partial charge in [-0.1, -0.05) is 23.2 Å². The summed E-state index contributed by atoms with van der Waals surface area (Å²) in [4.78, 5) is 12.7. The second kappa shape index (κ2) is 7.59. The maximum absolute atomic E-state index is 12.7. The molecule has 2 aliphatic rings. The zero-order chi connectivity index (χ0) is 18.1. The Morgan fingerprint density at radius 1 is 1.35 bits per heavy atom. The van der Waals surface area contributed by atoms with E-state index in [0.717, 1.165) is 55.7 Å². The van der Waals surface area contributed by atoms with Gasteiger partial charge in [-0.05, 0) is 69.3 Å². The van der Waals surface area contributed by atoms with Crippen molar-refractivity contribution in [3.63, 3.8) is 0 Å². The molecule has 1 atom stereocenters. The van der Waals surface area contributed by atoms with Crippen LogP contribution < -0.4 is 10.6 Å². The van der Waals surface area contributed by atoms with Crippen molar-refractivity contribution in [2.24, 2.45) is 5.92 Å². The van der Waals surface area contributed by atoms with Gasteiger partial charge in [0.15, 0.2) is 5.69 Å². The van der Waals surface area contributed by atoms with Gasteiger partial charge in [-0.3, -0.25) is 4.79 Å². The number of hydrogen-bond donors (Lipinski definition) is 2. The first-order valence-electron chi connectivity index (χ1n) is 9.18. The van der Waals surface area contributed by atoms with E-state index >= 15 is 0 Å². The number of nitrogens with zero attached hydrogens (tertiary/aromatic N) is 2. The zero-order valence-electron chi connectivity index (χ0n) is 14.5. The summed E-state index contributed by atoms with van der Waals surface area (Å²) in [5.41, 5.74) is 3.44. The number of benzene rings is 1. The van der Waals surface area contributed by atoms with E-state index < -0.39 is 0 Å². The molecule has 138 valence electrons. The number of amides is 1. The minimum atomic E-state index is -0.0852. The van der Waals surface area contributed by atoms with Crippen LogP contribution in [0.3, 0.4) is 0 Å². The molecule has 4 rings (SSSR count). The Morgan fingerprint density at radius 2 is 2.23 bits per heavy atom.